The minimum absolute atomic E-state index is 0. The van der Waals surface area contributed by atoms with E-state index in [-0.39, 0.29) is 12.4 Å². The summed E-state index contributed by atoms with van der Waals surface area (Å²) in [5.74, 6) is 0.321. The Morgan fingerprint density at radius 2 is 1.92 bits per heavy atom. The fourth-order valence-corrected chi connectivity index (χ4v) is 4.06. The van der Waals surface area contributed by atoms with Gasteiger partial charge in [0.05, 0.1) is 0 Å². The first-order valence-electron chi connectivity index (χ1n) is 9.45. The number of hydrogen-bond acceptors (Lipinski definition) is 3. The molecule has 1 aromatic rings. The molecule has 1 unspecified atom stereocenters. The maximum atomic E-state index is 12.5. The van der Waals surface area contributed by atoms with Gasteiger partial charge < -0.3 is 10.2 Å². The molecule has 2 saturated heterocycles. The molecule has 0 saturated carbocycles. The number of halogens is 1. The van der Waals surface area contributed by atoms with Crippen molar-refractivity contribution in [1.29, 1.82) is 0 Å². The summed E-state index contributed by atoms with van der Waals surface area (Å²) in [6.45, 7) is 10.0. The van der Waals surface area contributed by atoms with Crippen molar-refractivity contribution in [3.05, 3.63) is 34.9 Å². The van der Waals surface area contributed by atoms with Crippen LogP contribution in [0, 0.1) is 13.8 Å². The van der Waals surface area contributed by atoms with Gasteiger partial charge in [-0.15, -0.1) is 12.4 Å². The van der Waals surface area contributed by atoms with Crippen molar-refractivity contribution in [2.45, 2.75) is 45.6 Å². The molecule has 25 heavy (non-hydrogen) atoms. The second-order valence-corrected chi connectivity index (χ2v) is 7.22. The number of piperazine rings is 1. The summed E-state index contributed by atoms with van der Waals surface area (Å²) in [7, 11) is 0. The zero-order valence-corrected chi connectivity index (χ0v) is 16.4. The molecule has 140 valence electrons. The molecule has 0 spiro atoms. The number of likely N-dealkylation sites (tertiary alicyclic amines) is 1. The SMILES string of the molecule is Cc1cccc(C2CCCCN2CCC(=O)N2CCNCC2)c1C.Cl. The highest BCUT2D eigenvalue weighted by atomic mass is 35.5. The van der Waals surface area contributed by atoms with Gasteiger partial charge in [-0.05, 0) is 49.9 Å². The minimum atomic E-state index is 0. The van der Waals surface area contributed by atoms with Gasteiger partial charge in [0.2, 0.25) is 5.91 Å². The lowest BCUT2D eigenvalue weighted by Crippen LogP contribution is -2.47. The minimum Gasteiger partial charge on any atom is -0.340 e. The molecule has 2 aliphatic rings. The Hall–Kier alpha value is -1.10. The molecule has 1 aromatic carbocycles. The van der Waals surface area contributed by atoms with Crippen LogP contribution in [0.3, 0.4) is 0 Å². The number of piperidine rings is 1. The number of benzene rings is 1. The zero-order valence-electron chi connectivity index (χ0n) is 15.6. The molecule has 1 atom stereocenters. The molecule has 0 bridgehead atoms. The third-order valence-electron chi connectivity index (χ3n) is 5.70. The number of nitrogens with one attached hydrogen (secondary N) is 1. The van der Waals surface area contributed by atoms with E-state index in [2.05, 4.69) is 42.3 Å². The summed E-state index contributed by atoms with van der Waals surface area (Å²) in [5.41, 5.74) is 4.25. The third kappa shape index (κ3) is 4.96. The normalized spacial score (nSPS) is 21.7. The van der Waals surface area contributed by atoms with Crippen molar-refractivity contribution >= 4 is 18.3 Å². The first-order valence-corrected chi connectivity index (χ1v) is 9.45. The number of nitrogens with zero attached hydrogens (tertiary/aromatic N) is 2. The lowest BCUT2D eigenvalue weighted by molar-refractivity contribution is -0.132. The largest absolute Gasteiger partial charge is 0.340 e. The van der Waals surface area contributed by atoms with Crippen LogP contribution in [0.2, 0.25) is 0 Å². The summed E-state index contributed by atoms with van der Waals surface area (Å²) in [5, 5.41) is 3.31. The number of carbonyl (C=O) groups excluding carboxylic acids is 1. The second kappa shape index (κ2) is 9.56. The Balaban J connectivity index is 0.00000225. The monoisotopic (exact) mass is 365 g/mol. The zero-order chi connectivity index (χ0) is 16.9. The molecule has 2 aliphatic heterocycles. The molecule has 5 heteroatoms. The van der Waals surface area contributed by atoms with Gasteiger partial charge in [0.25, 0.3) is 0 Å². The third-order valence-corrected chi connectivity index (χ3v) is 5.70. The highest BCUT2D eigenvalue weighted by molar-refractivity contribution is 5.85. The Bertz CT molecular complexity index is 572. The van der Waals surface area contributed by atoms with E-state index in [4.69, 9.17) is 0 Å². The summed E-state index contributed by atoms with van der Waals surface area (Å²) in [6.07, 6.45) is 4.41. The lowest BCUT2D eigenvalue weighted by atomic mass is 9.90. The Labute approximate surface area is 158 Å². The predicted molar refractivity (Wildman–Crippen MR) is 105 cm³/mol. The molecule has 2 fully saturated rings. The van der Waals surface area contributed by atoms with Gasteiger partial charge in [0, 0.05) is 45.2 Å². The Morgan fingerprint density at radius 3 is 2.68 bits per heavy atom. The smallest absolute Gasteiger partial charge is 0.223 e. The average Bonchev–Trinajstić information content (AvgIpc) is 2.63. The molecule has 1 amide bonds. The maximum Gasteiger partial charge on any atom is 0.223 e. The summed E-state index contributed by atoms with van der Waals surface area (Å²) in [6, 6.07) is 7.13. The van der Waals surface area contributed by atoms with Gasteiger partial charge in [-0.2, -0.15) is 0 Å². The molecule has 0 aromatic heterocycles. The Kier molecular flexibility index (Phi) is 7.73. The van der Waals surface area contributed by atoms with Crippen molar-refractivity contribution in [1.82, 2.24) is 15.1 Å². The van der Waals surface area contributed by atoms with Crippen LogP contribution in [0.1, 0.15) is 48.4 Å². The van der Waals surface area contributed by atoms with Crippen LogP contribution in [-0.2, 0) is 4.79 Å². The Morgan fingerprint density at radius 1 is 1.16 bits per heavy atom. The fraction of sp³-hybridized carbons (Fsp3) is 0.650. The van der Waals surface area contributed by atoms with Crippen LogP contribution in [0.5, 0.6) is 0 Å². The van der Waals surface area contributed by atoms with Gasteiger partial charge in [-0.3, -0.25) is 9.69 Å². The van der Waals surface area contributed by atoms with Gasteiger partial charge in [-0.25, -0.2) is 0 Å². The van der Waals surface area contributed by atoms with Crippen molar-refractivity contribution in [3.63, 3.8) is 0 Å². The van der Waals surface area contributed by atoms with E-state index in [1.165, 1.54) is 36.0 Å². The number of amides is 1. The van der Waals surface area contributed by atoms with E-state index in [0.29, 0.717) is 18.4 Å². The molecular formula is C20H32ClN3O. The predicted octanol–water partition coefficient (Wildman–Crippen LogP) is 3.07. The van der Waals surface area contributed by atoms with Gasteiger partial charge >= 0.3 is 0 Å². The highest BCUT2D eigenvalue weighted by Crippen LogP contribution is 2.33. The van der Waals surface area contributed by atoms with Crippen molar-refractivity contribution in [3.8, 4) is 0 Å². The molecule has 2 heterocycles. The van der Waals surface area contributed by atoms with Crippen molar-refractivity contribution in [2.24, 2.45) is 0 Å². The van der Waals surface area contributed by atoms with Crippen LogP contribution in [0.15, 0.2) is 18.2 Å². The summed E-state index contributed by atoms with van der Waals surface area (Å²) in [4.78, 5) is 17.0. The van der Waals surface area contributed by atoms with Gasteiger partial charge in [0.15, 0.2) is 0 Å². The standard InChI is InChI=1S/C20H31N3O.ClH/c1-16-6-5-7-18(17(16)2)19-8-3-4-12-22(19)13-9-20(24)23-14-10-21-11-15-23;/h5-7,19,21H,3-4,8-15H2,1-2H3;1H. The van der Waals surface area contributed by atoms with E-state index in [0.717, 1.165) is 39.3 Å². The maximum absolute atomic E-state index is 12.5. The van der Waals surface area contributed by atoms with E-state index >= 15 is 0 Å². The average molecular weight is 366 g/mol. The number of rotatable bonds is 4. The van der Waals surface area contributed by atoms with Crippen molar-refractivity contribution in [2.75, 3.05) is 39.3 Å². The van der Waals surface area contributed by atoms with Gasteiger partial charge in [-0.1, -0.05) is 24.6 Å². The van der Waals surface area contributed by atoms with E-state index < -0.39 is 0 Å². The fourth-order valence-electron chi connectivity index (χ4n) is 4.06. The van der Waals surface area contributed by atoms with Crippen LogP contribution in [0.25, 0.3) is 0 Å². The molecule has 0 aliphatic carbocycles. The van der Waals surface area contributed by atoms with E-state index in [1.54, 1.807) is 0 Å². The van der Waals surface area contributed by atoms with Crippen LogP contribution in [0.4, 0.5) is 0 Å². The number of aryl methyl sites for hydroxylation is 1. The first-order chi connectivity index (χ1) is 11.7. The molecular weight excluding hydrogens is 334 g/mol. The quantitative estimate of drug-likeness (QED) is 0.890. The second-order valence-electron chi connectivity index (χ2n) is 7.22. The van der Waals surface area contributed by atoms with Crippen molar-refractivity contribution < 1.29 is 4.79 Å². The molecule has 0 radical (unpaired) electrons. The lowest BCUT2D eigenvalue weighted by Gasteiger charge is -2.37. The summed E-state index contributed by atoms with van der Waals surface area (Å²) >= 11 is 0. The molecule has 4 nitrogen and oxygen atoms in total. The van der Waals surface area contributed by atoms with Gasteiger partial charge in [0.1, 0.15) is 0 Å². The number of hydrogen-bond donors (Lipinski definition) is 1. The van der Waals surface area contributed by atoms with Crippen LogP contribution < -0.4 is 5.32 Å². The van der Waals surface area contributed by atoms with Crippen LogP contribution >= 0.6 is 12.4 Å². The number of carbonyl (C=O) groups is 1. The highest BCUT2D eigenvalue weighted by Gasteiger charge is 2.26. The first kappa shape index (κ1) is 20.2. The topological polar surface area (TPSA) is 35.6 Å². The summed E-state index contributed by atoms with van der Waals surface area (Å²) < 4.78 is 0. The van der Waals surface area contributed by atoms with E-state index in [1.807, 2.05) is 4.90 Å². The van der Waals surface area contributed by atoms with Crippen LogP contribution in [-0.4, -0.2) is 55.0 Å². The molecule has 1 N–H and O–H groups in total. The molecule has 3 rings (SSSR count). The van der Waals surface area contributed by atoms with E-state index in [9.17, 15) is 4.79 Å².